The summed E-state index contributed by atoms with van der Waals surface area (Å²) >= 11 is 0. The smallest absolute Gasteiger partial charge is 0.306 e. The lowest BCUT2D eigenvalue weighted by Crippen LogP contribution is -2.35. The Balaban J connectivity index is 1.79. The van der Waals surface area contributed by atoms with Gasteiger partial charge in [0, 0.05) is 25.1 Å². The molecule has 0 saturated heterocycles. The number of amides is 1. The Hall–Kier alpha value is -3.03. The van der Waals surface area contributed by atoms with Gasteiger partial charge in [0.1, 0.15) is 5.82 Å². The average molecular weight is 375 g/mol. The van der Waals surface area contributed by atoms with Crippen molar-refractivity contribution < 1.29 is 23.2 Å². The van der Waals surface area contributed by atoms with E-state index in [0.717, 1.165) is 5.57 Å². The van der Waals surface area contributed by atoms with Crippen LogP contribution in [0.25, 0.3) is 11.4 Å². The highest BCUT2D eigenvalue weighted by Gasteiger charge is 2.15. The quantitative estimate of drug-likeness (QED) is 0.495. The molecule has 0 unspecified atom stereocenters. The number of halogens is 1. The summed E-state index contributed by atoms with van der Waals surface area (Å²) in [5, 5.41) is 3.80. The molecular formula is C19H22FN3O4. The van der Waals surface area contributed by atoms with Crippen molar-refractivity contribution in [2.75, 3.05) is 19.7 Å². The SMILES string of the molecule is C=C(C)CN(CC)C(=O)COC(=O)CCc1nc(-c2ccc(F)cc2)no1. The summed E-state index contributed by atoms with van der Waals surface area (Å²) in [5.41, 5.74) is 1.46. The molecule has 2 aromatic rings. The van der Waals surface area contributed by atoms with Crippen LogP contribution in [0.5, 0.6) is 0 Å². The molecule has 7 nitrogen and oxygen atoms in total. The second-order valence-corrected chi connectivity index (χ2v) is 6.04. The topological polar surface area (TPSA) is 85.5 Å². The highest BCUT2D eigenvalue weighted by Crippen LogP contribution is 2.16. The summed E-state index contributed by atoms with van der Waals surface area (Å²) in [6, 6.07) is 5.67. The molecule has 0 aliphatic rings. The minimum absolute atomic E-state index is 0.00490. The Labute approximate surface area is 156 Å². The van der Waals surface area contributed by atoms with Gasteiger partial charge in [0.15, 0.2) is 6.61 Å². The second-order valence-electron chi connectivity index (χ2n) is 6.04. The molecule has 8 heteroatoms. The van der Waals surface area contributed by atoms with E-state index in [4.69, 9.17) is 9.26 Å². The molecule has 144 valence electrons. The normalized spacial score (nSPS) is 10.5. The Morgan fingerprint density at radius 2 is 2.00 bits per heavy atom. The summed E-state index contributed by atoms with van der Waals surface area (Å²) in [4.78, 5) is 29.6. The van der Waals surface area contributed by atoms with Crippen molar-refractivity contribution in [3.63, 3.8) is 0 Å². The first-order valence-corrected chi connectivity index (χ1v) is 8.55. The fourth-order valence-electron chi connectivity index (χ4n) is 2.29. The van der Waals surface area contributed by atoms with Gasteiger partial charge in [-0.25, -0.2) is 4.39 Å². The second kappa shape index (κ2) is 9.61. The molecule has 1 heterocycles. The molecule has 0 atom stereocenters. The summed E-state index contributed by atoms with van der Waals surface area (Å²) in [5.74, 6) is -0.590. The first kappa shape index (κ1) is 20.3. The van der Waals surface area contributed by atoms with E-state index in [-0.39, 0.29) is 37.1 Å². The fourth-order valence-corrected chi connectivity index (χ4v) is 2.29. The molecule has 0 aliphatic carbocycles. The van der Waals surface area contributed by atoms with Crippen molar-refractivity contribution in [2.24, 2.45) is 0 Å². The number of esters is 1. The number of carbonyl (C=O) groups excluding carboxylic acids is 2. The van der Waals surface area contributed by atoms with E-state index in [0.29, 0.717) is 24.5 Å². The lowest BCUT2D eigenvalue weighted by Gasteiger charge is -2.20. The lowest BCUT2D eigenvalue weighted by atomic mass is 10.2. The van der Waals surface area contributed by atoms with Crippen LogP contribution in [0.15, 0.2) is 40.9 Å². The molecular weight excluding hydrogens is 353 g/mol. The first-order valence-electron chi connectivity index (χ1n) is 8.55. The van der Waals surface area contributed by atoms with Gasteiger partial charge in [-0.15, -0.1) is 0 Å². The molecule has 0 radical (unpaired) electrons. The van der Waals surface area contributed by atoms with Gasteiger partial charge in [-0.2, -0.15) is 4.98 Å². The monoisotopic (exact) mass is 375 g/mol. The number of benzene rings is 1. The van der Waals surface area contributed by atoms with Crippen molar-refractivity contribution in [2.45, 2.75) is 26.7 Å². The van der Waals surface area contributed by atoms with Crippen LogP contribution in [0.2, 0.25) is 0 Å². The standard InChI is InChI=1S/C19H22FN3O4/c1-4-23(11-13(2)3)17(24)12-26-18(25)10-9-16-21-19(22-27-16)14-5-7-15(20)8-6-14/h5-8H,2,4,9-12H2,1,3H3. The summed E-state index contributed by atoms with van der Waals surface area (Å²) in [6.07, 6.45) is 0.190. The van der Waals surface area contributed by atoms with Crippen LogP contribution in [0, 0.1) is 5.82 Å². The zero-order valence-corrected chi connectivity index (χ0v) is 15.4. The van der Waals surface area contributed by atoms with Crippen LogP contribution >= 0.6 is 0 Å². The van der Waals surface area contributed by atoms with Crippen molar-refractivity contribution in [3.05, 3.63) is 48.1 Å². The molecule has 27 heavy (non-hydrogen) atoms. The van der Waals surface area contributed by atoms with Crippen LogP contribution in [0.4, 0.5) is 4.39 Å². The molecule has 1 amide bonds. The van der Waals surface area contributed by atoms with E-state index in [2.05, 4.69) is 16.7 Å². The Bertz CT molecular complexity index is 802. The molecule has 0 spiro atoms. The van der Waals surface area contributed by atoms with E-state index in [9.17, 15) is 14.0 Å². The van der Waals surface area contributed by atoms with Gasteiger partial charge >= 0.3 is 5.97 Å². The van der Waals surface area contributed by atoms with Gasteiger partial charge in [0.05, 0.1) is 6.42 Å². The molecule has 0 fully saturated rings. The Morgan fingerprint density at radius 1 is 1.30 bits per heavy atom. The molecule has 0 N–H and O–H groups in total. The summed E-state index contributed by atoms with van der Waals surface area (Å²) < 4.78 is 23.0. The van der Waals surface area contributed by atoms with Gasteiger partial charge in [-0.3, -0.25) is 9.59 Å². The highest BCUT2D eigenvalue weighted by atomic mass is 19.1. The van der Waals surface area contributed by atoms with Crippen LogP contribution in [-0.4, -0.2) is 46.6 Å². The predicted molar refractivity (Wildman–Crippen MR) is 96.0 cm³/mol. The zero-order valence-electron chi connectivity index (χ0n) is 15.4. The number of ether oxygens (including phenoxy) is 1. The van der Waals surface area contributed by atoms with Crippen LogP contribution in [0.1, 0.15) is 26.2 Å². The van der Waals surface area contributed by atoms with Crippen LogP contribution < -0.4 is 0 Å². The van der Waals surface area contributed by atoms with Gasteiger partial charge in [0.2, 0.25) is 11.7 Å². The van der Waals surface area contributed by atoms with Crippen molar-refractivity contribution in [1.82, 2.24) is 15.0 Å². The van der Waals surface area contributed by atoms with Crippen molar-refractivity contribution in [1.29, 1.82) is 0 Å². The van der Waals surface area contributed by atoms with Crippen LogP contribution in [-0.2, 0) is 20.7 Å². The van der Waals surface area contributed by atoms with E-state index in [1.54, 1.807) is 4.90 Å². The van der Waals surface area contributed by atoms with Gasteiger partial charge in [-0.1, -0.05) is 17.3 Å². The fraction of sp³-hybridized carbons (Fsp3) is 0.368. The number of aryl methyl sites for hydroxylation is 1. The summed E-state index contributed by atoms with van der Waals surface area (Å²) in [6.45, 7) is 8.07. The largest absolute Gasteiger partial charge is 0.456 e. The first-order chi connectivity index (χ1) is 12.9. The minimum atomic E-state index is -0.531. The molecule has 0 aliphatic heterocycles. The number of likely N-dealkylation sites (N-methyl/N-ethyl adjacent to an activating group) is 1. The Morgan fingerprint density at radius 3 is 2.63 bits per heavy atom. The molecule has 0 saturated carbocycles. The maximum Gasteiger partial charge on any atom is 0.306 e. The maximum atomic E-state index is 12.9. The number of hydrogen-bond acceptors (Lipinski definition) is 6. The zero-order chi connectivity index (χ0) is 19.8. The molecule has 2 rings (SSSR count). The number of nitrogens with zero attached hydrogens (tertiary/aromatic N) is 3. The number of aromatic nitrogens is 2. The summed E-state index contributed by atoms with van der Waals surface area (Å²) in [7, 11) is 0. The minimum Gasteiger partial charge on any atom is -0.456 e. The number of rotatable bonds is 9. The lowest BCUT2D eigenvalue weighted by molar-refractivity contribution is -0.151. The predicted octanol–water partition coefficient (Wildman–Crippen LogP) is 2.78. The molecule has 0 bridgehead atoms. The Kier molecular flexibility index (Phi) is 7.22. The number of carbonyl (C=O) groups is 2. The van der Waals surface area contributed by atoms with Gasteiger partial charge < -0.3 is 14.2 Å². The third kappa shape index (κ3) is 6.32. The van der Waals surface area contributed by atoms with Crippen LogP contribution in [0.3, 0.4) is 0 Å². The molecule has 1 aromatic heterocycles. The van der Waals surface area contributed by atoms with Gasteiger partial charge in [-0.05, 0) is 38.1 Å². The third-order valence-electron chi connectivity index (χ3n) is 3.67. The van der Waals surface area contributed by atoms with E-state index < -0.39 is 5.97 Å². The van der Waals surface area contributed by atoms with Crippen molar-refractivity contribution in [3.8, 4) is 11.4 Å². The molecule has 1 aromatic carbocycles. The van der Waals surface area contributed by atoms with E-state index >= 15 is 0 Å². The maximum absolute atomic E-state index is 12.9. The van der Waals surface area contributed by atoms with E-state index in [1.165, 1.54) is 24.3 Å². The van der Waals surface area contributed by atoms with E-state index in [1.807, 2.05) is 13.8 Å². The number of hydrogen-bond donors (Lipinski definition) is 0. The van der Waals surface area contributed by atoms with Crippen molar-refractivity contribution >= 4 is 11.9 Å². The average Bonchev–Trinajstić information content (AvgIpc) is 3.11. The van der Waals surface area contributed by atoms with Gasteiger partial charge in [0.25, 0.3) is 5.91 Å². The highest BCUT2D eigenvalue weighted by molar-refractivity contribution is 5.80. The third-order valence-corrected chi connectivity index (χ3v) is 3.67.